The van der Waals surface area contributed by atoms with Crippen LogP contribution < -0.4 is 10.7 Å². The average Bonchev–Trinajstić information content (AvgIpc) is 3.15. The molecule has 170 valence electrons. The lowest BCUT2D eigenvalue weighted by Gasteiger charge is -2.19. The summed E-state index contributed by atoms with van der Waals surface area (Å²) in [6.45, 7) is 1.41. The molecule has 0 aliphatic carbocycles. The van der Waals surface area contributed by atoms with Gasteiger partial charge >= 0.3 is 0 Å². The molecule has 3 aromatic rings. The van der Waals surface area contributed by atoms with Crippen LogP contribution in [0, 0.1) is 0 Å². The van der Waals surface area contributed by atoms with Crippen LogP contribution in [0.2, 0.25) is 0 Å². The van der Waals surface area contributed by atoms with Crippen molar-refractivity contribution < 1.29 is 14.4 Å². The number of amides is 3. The van der Waals surface area contributed by atoms with Crippen molar-refractivity contribution in [2.75, 3.05) is 11.6 Å². The van der Waals surface area contributed by atoms with E-state index in [1.54, 1.807) is 42.1 Å². The topological polar surface area (TPSA) is 90.9 Å². The Kier molecular flexibility index (Phi) is 6.89. The van der Waals surface area contributed by atoms with E-state index in [0.717, 1.165) is 10.5 Å². The molecule has 1 aliphatic heterocycles. The summed E-state index contributed by atoms with van der Waals surface area (Å²) in [6, 6.07) is 23.4. The maximum Gasteiger partial charge on any atom is 0.297 e. The highest BCUT2D eigenvalue weighted by Gasteiger charge is 2.33. The lowest BCUT2D eigenvalue weighted by molar-refractivity contribution is -0.124. The molecule has 3 aromatic carbocycles. The van der Waals surface area contributed by atoms with Crippen LogP contribution in [0.5, 0.6) is 0 Å². The predicted molar refractivity (Wildman–Crippen MR) is 134 cm³/mol. The van der Waals surface area contributed by atoms with Gasteiger partial charge in [-0.2, -0.15) is 5.01 Å². The molecule has 0 spiro atoms. The van der Waals surface area contributed by atoms with Crippen LogP contribution in [0.4, 0.5) is 5.69 Å². The minimum Gasteiger partial charge on any atom is -0.326 e. The minimum atomic E-state index is -0.475. The summed E-state index contributed by atoms with van der Waals surface area (Å²) in [5.41, 5.74) is 5.32. The van der Waals surface area contributed by atoms with E-state index in [2.05, 4.69) is 15.7 Å². The third kappa shape index (κ3) is 5.24. The van der Waals surface area contributed by atoms with Crippen LogP contribution in [0.1, 0.15) is 28.4 Å². The lowest BCUT2D eigenvalue weighted by atomic mass is 10.2. The monoisotopic (exact) mass is 470 g/mol. The molecule has 2 N–H and O–H groups in total. The Morgan fingerprint density at radius 3 is 2.24 bits per heavy atom. The van der Waals surface area contributed by atoms with Crippen molar-refractivity contribution in [3.8, 4) is 0 Å². The molecule has 0 bridgehead atoms. The zero-order valence-corrected chi connectivity index (χ0v) is 19.4. The molecule has 0 radical (unpaired) electrons. The number of amidine groups is 1. The Bertz CT molecular complexity index is 1280. The van der Waals surface area contributed by atoms with Gasteiger partial charge < -0.3 is 5.32 Å². The van der Waals surface area contributed by atoms with E-state index >= 15 is 0 Å². The standard InChI is InChI=1S/C26H22N4O3S/c1-17(31)27-21-12-10-20(11-13-21)25(32)29-30-24(19-6-4-3-5-7-19)28-23(26(30)33)16-18-8-14-22(34-2)15-9-18/h3-16H,1-2H3,(H,27,31)(H,29,32). The summed E-state index contributed by atoms with van der Waals surface area (Å²) >= 11 is 1.64. The average molecular weight is 471 g/mol. The Hall–Kier alpha value is -4.17. The van der Waals surface area contributed by atoms with Crippen molar-refractivity contribution in [1.29, 1.82) is 0 Å². The van der Waals surface area contributed by atoms with Crippen LogP contribution in [-0.4, -0.2) is 34.8 Å². The maximum atomic E-state index is 13.2. The van der Waals surface area contributed by atoms with E-state index in [1.165, 1.54) is 11.9 Å². The van der Waals surface area contributed by atoms with Crippen molar-refractivity contribution in [3.63, 3.8) is 0 Å². The molecule has 0 fully saturated rings. The second-order valence-corrected chi connectivity index (χ2v) is 8.32. The number of hydrogen-bond donors (Lipinski definition) is 2. The molecule has 0 unspecified atom stereocenters. The maximum absolute atomic E-state index is 13.2. The zero-order valence-electron chi connectivity index (χ0n) is 18.6. The van der Waals surface area contributed by atoms with Gasteiger partial charge in [-0.25, -0.2) is 4.99 Å². The fraction of sp³-hybridized carbons (Fsp3) is 0.0769. The highest BCUT2D eigenvalue weighted by atomic mass is 32.2. The number of nitrogens with zero attached hydrogens (tertiary/aromatic N) is 2. The van der Waals surface area contributed by atoms with Gasteiger partial charge in [0.25, 0.3) is 11.8 Å². The Morgan fingerprint density at radius 2 is 1.62 bits per heavy atom. The van der Waals surface area contributed by atoms with E-state index in [0.29, 0.717) is 22.6 Å². The van der Waals surface area contributed by atoms with Crippen molar-refractivity contribution >= 4 is 47.1 Å². The second-order valence-electron chi connectivity index (χ2n) is 7.44. The molecule has 0 atom stereocenters. The molecule has 1 aliphatic rings. The van der Waals surface area contributed by atoms with Crippen LogP contribution >= 0.6 is 11.8 Å². The number of nitrogens with one attached hydrogen (secondary N) is 2. The first-order chi connectivity index (χ1) is 16.4. The van der Waals surface area contributed by atoms with Crippen molar-refractivity contribution in [3.05, 3.63) is 101 Å². The smallest absolute Gasteiger partial charge is 0.297 e. The van der Waals surface area contributed by atoms with E-state index in [9.17, 15) is 14.4 Å². The van der Waals surface area contributed by atoms with Crippen LogP contribution in [0.3, 0.4) is 0 Å². The van der Waals surface area contributed by atoms with E-state index < -0.39 is 11.8 Å². The number of aliphatic imine (C=N–C) groups is 1. The Balaban J connectivity index is 1.61. The Labute approximate surface area is 201 Å². The molecular weight excluding hydrogens is 448 g/mol. The number of anilines is 1. The van der Waals surface area contributed by atoms with E-state index in [4.69, 9.17) is 0 Å². The van der Waals surface area contributed by atoms with E-state index in [-0.39, 0.29) is 11.6 Å². The summed E-state index contributed by atoms with van der Waals surface area (Å²) < 4.78 is 0. The molecule has 34 heavy (non-hydrogen) atoms. The van der Waals surface area contributed by atoms with Gasteiger partial charge in [0.15, 0.2) is 5.84 Å². The number of hydrogen-bond acceptors (Lipinski definition) is 5. The van der Waals surface area contributed by atoms with Gasteiger partial charge in [0.2, 0.25) is 5.91 Å². The van der Waals surface area contributed by atoms with Gasteiger partial charge in [-0.3, -0.25) is 19.8 Å². The predicted octanol–water partition coefficient (Wildman–Crippen LogP) is 4.34. The number of carbonyl (C=O) groups is 3. The third-order valence-corrected chi connectivity index (χ3v) is 5.74. The SMILES string of the molecule is CSc1ccc(C=C2N=C(c3ccccc3)N(NC(=O)c3ccc(NC(C)=O)cc3)C2=O)cc1. The summed E-state index contributed by atoms with van der Waals surface area (Å²) in [5.74, 6) is -0.778. The minimum absolute atomic E-state index is 0.203. The first-order valence-electron chi connectivity index (χ1n) is 10.5. The molecule has 8 heteroatoms. The van der Waals surface area contributed by atoms with Crippen molar-refractivity contribution in [2.24, 2.45) is 4.99 Å². The summed E-state index contributed by atoms with van der Waals surface area (Å²) in [4.78, 5) is 43.0. The fourth-order valence-corrected chi connectivity index (χ4v) is 3.74. The number of thioether (sulfide) groups is 1. The molecule has 0 saturated heterocycles. The lowest BCUT2D eigenvalue weighted by Crippen LogP contribution is -2.47. The number of carbonyl (C=O) groups excluding carboxylic acids is 3. The van der Waals surface area contributed by atoms with Crippen molar-refractivity contribution in [1.82, 2.24) is 10.4 Å². The fourth-order valence-electron chi connectivity index (χ4n) is 3.33. The first kappa shape index (κ1) is 23.0. The molecule has 4 rings (SSSR count). The molecular formula is C26H22N4O3S. The van der Waals surface area contributed by atoms with Crippen LogP contribution in [-0.2, 0) is 9.59 Å². The van der Waals surface area contributed by atoms with Gasteiger partial charge in [0, 0.05) is 28.6 Å². The van der Waals surface area contributed by atoms with Crippen LogP contribution in [0.25, 0.3) is 6.08 Å². The normalized spacial score (nSPS) is 14.2. The third-order valence-electron chi connectivity index (χ3n) is 4.99. The van der Waals surface area contributed by atoms with E-state index in [1.807, 2.05) is 60.9 Å². The highest BCUT2D eigenvalue weighted by Crippen LogP contribution is 2.22. The molecule has 0 saturated carbocycles. The summed E-state index contributed by atoms with van der Waals surface area (Å²) in [6.07, 6.45) is 3.70. The van der Waals surface area contributed by atoms with Crippen LogP contribution in [0.15, 0.2) is 94.4 Å². The number of benzene rings is 3. The molecule has 3 amide bonds. The van der Waals surface area contributed by atoms with Crippen molar-refractivity contribution in [2.45, 2.75) is 11.8 Å². The molecule has 0 aromatic heterocycles. The molecule has 1 heterocycles. The Morgan fingerprint density at radius 1 is 0.941 bits per heavy atom. The number of rotatable bonds is 6. The van der Waals surface area contributed by atoms with Gasteiger partial charge in [-0.1, -0.05) is 42.5 Å². The summed E-state index contributed by atoms with van der Waals surface area (Å²) in [5, 5.41) is 3.82. The van der Waals surface area contributed by atoms with Gasteiger partial charge in [-0.15, -0.1) is 11.8 Å². The second kappa shape index (κ2) is 10.2. The largest absolute Gasteiger partial charge is 0.326 e. The quantitative estimate of drug-likeness (QED) is 0.414. The number of hydrazine groups is 1. The van der Waals surface area contributed by atoms with Gasteiger partial charge in [0.1, 0.15) is 5.70 Å². The zero-order chi connectivity index (χ0) is 24.1. The van der Waals surface area contributed by atoms with Gasteiger partial charge in [0.05, 0.1) is 0 Å². The first-order valence-corrected chi connectivity index (χ1v) is 11.7. The van der Waals surface area contributed by atoms with Gasteiger partial charge in [-0.05, 0) is 54.3 Å². The summed E-state index contributed by atoms with van der Waals surface area (Å²) in [7, 11) is 0. The molecule has 7 nitrogen and oxygen atoms in total. The highest BCUT2D eigenvalue weighted by molar-refractivity contribution is 7.98.